The van der Waals surface area contributed by atoms with E-state index >= 15 is 0 Å². The maximum Gasteiger partial charge on any atom is 0.267 e. The summed E-state index contributed by atoms with van der Waals surface area (Å²) in [5.74, 6) is -0.530. The molecule has 0 fully saturated rings. The van der Waals surface area contributed by atoms with Crippen LogP contribution in [0.3, 0.4) is 0 Å². The fourth-order valence-corrected chi connectivity index (χ4v) is 2.04. The zero-order chi connectivity index (χ0) is 14.7. The summed E-state index contributed by atoms with van der Waals surface area (Å²) in [6, 6.07) is 5.35. The number of Topliss-reactive ketones (excluding diaryl/α,β-unsaturated/α-hetero) is 1. The molecule has 0 saturated heterocycles. The quantitative estimate of drug-likeness (QED) is 0.805. The van der Waals surface area contributed by atoms with Gasteiger partial charge in [0, 0.05) is 18.5 Å². The van der Waals surface area contributed by atoms with Gasteiger partial charge in [0.2, 0.25) is 0 Å². The summed E-state index contributed by atoms with van der Waals surface area (Å²) in [4.78, 5) is 27.9. The molecule has 2 aromatic rings. The van der Waals surface area contributed by atoms with Crippen LogP contribution in [0, 0.1) is 12.7 Å². The Bertz CT molecular complexity index is 695. The summed E-state index contributed by atoms with van der Waals surface area (Å²) >= 11 is 3.17. The molecule has 4 nitrogen and oxygen atoms in total. The first-order chi connectivity index (χ1) is 9.49. The zero-order valence-corrected chi connectivity index (χ0v) is 12.4. The van der Waals surface area contributed by atoms with Gasteiger partial charge in [-0.3, -0.25) is 14.2 Å². The van der Waals surface area contributed by atoms with Crippen LogP contribution in [0.25, 0.3) is 0 Å². The van der Waals surface area contributed by atoms with Crippen LogP contribution in [0.2, 0.25) is 0 Å². The van der Waals surface area contributed by atoms with Gasteiger partial charge in [0.15, 0.2) is 5.78 Å². The molecule has 0 amide bonds. The first-order valence-corrected chi connectivity index (χ1v) is 6.78. The molecule has 1 heterocycles. The third kappa shape index (κ3) is 3.19. The maximum atomic E-state index is 12.8. The first kappa shape index (κ1) is 14.6. The van der Waals surface area contributed by atoms with Gasteiger partial charge in [0.25, 0.3) is 5.56 Å². The Balaban J connectivity index is 2.09. The lowest BCUT2D eigenvalue weighted by Crippen LogP contribution is -2.23. The molecule has 1 aromatic carbocycles. The van der Waals surface area contributed by atoms with E-state index in [1.54, 1.807) is 6.92 Å². The number of hydrogen-bond acceptors (Lipinski definition) is 3. The van der Waals surface area contributed by atoms with Crippen molar-refractivity contribution in [3.8, 4) is 0 Å². The molecular weight excluding hydrogens is 327 g/mol. The van der Waals surface area contributed by atoms with Crippen molar-refractivity contribution < 1.29 is 9.18 Å². The second-order valence-electron chi connectivity index (χ2n) is 4.32. The fourth-order valence-electron chi connectivity index (χ4n) is 1.71. The monoisotopic (exact) mass is 338 g/mol. The van der Waals surface area contributed by atoms with E-state index in [1.807, 2.05) is 0 Å². The topological polar surface area (TPSA) is 52.0 Å². The second kappa shape index (κ2) is 6.09. The van der Waals surface area contributed by atoms with Crippen LogP contribution in [0.15, 0.2) is 39.9 Å². The second-order valence-corrected chi connectivity index (χ2v) is 5.12. The number of nitrogens with zero attached hydrogens (tertiary/aromatic N) is 2. The van der Waals surface area contributed by atoms with E-state index in [4.69, 9.17) is 0 Å². The number of aryl methyl sites for hydroxylation is 2. The van der Waals surface area contributed by atoms with Crippen LogP contribution in [0.5, 0.6) is 0 Å². The van der Waals surface area contributed by atoms with Crippen molar-refractivity contribution in [1.82, 2.24) is 9.55 Å². The van der Waals surface area contributed by atoms with Crippen molar-refractivity contribution in [3.63, 3.8) is 0 Å². The molecule has 6 heteroatoms. The standard InChI is InChI=1S/C14H12BrFN2O2/c1-9-13(15)14(20)18(8-17-9)7-6-12(19)10-2-4-11(16)5-3-10/h2-5,8H,6-7H2,1H3. The van der Waals surface area contributed by atoms with Gasteiger partial charge in [-0.15, -0.1) is 0 Å². The number of hydrogen-bond donors (Lipinski definition) is 0. The van der Waals surface area contributed by atoms with Gasteiger partial charge in [-0.2, -0.15) is 0 Å². The lowest BCUT2D eigenvalue weighted by molar-refractivity contribution is 0.0976. The number of halogens is 2. The van der Waals surface area contributed by atoms with Crippen LogP contribution in [-0.2, 0) is 6.54 Å². The molecular formula is C14H12BrFN2O2. The highest BCUT2D eigenvalue weighted by atomic mass is 79.9. The van der Waals surface area contributed by atoms with Crippen molar-refractivity contribution in [2.45, 2.75) is 19.9 Å². The van der Waals surface area contributed by atoms with E-state index in [9.17, 15) is 14.0 Å². The number of aromatic nitrogens is 2. The third-order valence-electron chi connectivity index (χ3n) is 2.90. The summed E-state index contributed by atoms with van der Waals surface area (Å²) in [5, 5.41) is 0. The van der Waals surface area contributed by atoms with Gasteiger partial charge in [0.05, 0.1) is 12.0 Å². The summed E-state index contributed by atoms with van der Waals surface area (Å²) in [5.41, 5.74) is 0.819. The minimum absolute atomic E-state index is 0.145. The number of ketones is 1. The Kier molecular flexibility index (Phi) is 4.44. The molecule has 0 N–H and O–H groups in total. The normalized spacial score (nSPS) is 10.6. The Hall–Kier alpha value is -1.82. The number of carbonyl (C=O) groups is 1. The third-order valence-corrected chi connectivity index (χ3v) is 3.82. The summed E-state index contributed by atoms with van der Waals surface area (Å²) in [6.07, 6.45) is 1.57. The van der Waals surface area contributed by atoms with E-state index in [0.29, 0.717) is 15.7 Å². The molecule has 0 bridgehead atoms. The summed E-state index contributed by atoms with van der Waals surface area (Å²) in [7, 11) is 0. The molecule has 0 aliphatic heterocycles. The van der Waals surface area contributed by atoms with Crippen molar-refractivity contribution in [2.24, 2.45) is 0 Å². The fraction of sp³-hybridized carbons (Fsp3) is 0.214. The molecule has 1 aromatic heterocycles. The van der Waals surface area contributed by atoms with E-state index in [1.165, 1.54) is 35.2 Å². The Morgan fingerprint density at radius 1 is 1.35 bits per heavy atom. The molecule has 0 saturated carbocycles. The average Bonchev–Trinajstić information content (AvgIpc) is 2.44. The molecule has 0 radical (unpaired) electrons. The molecule has 0 unspecified atom stereocenters. The predicted molar refractivity (Wildman–Crippen MR) is 76.3 cm³/mol. The highest BCUT2D eigenvalue weighted by Gasteiger charge is 2.09. The van der Waals surface area contributed by atoms with E-state index in [0.717, 1.165) is 0 Å². The van der Waals surface area contributed by atoms with Gasteiger partial charge in [-0.25, -0.2) is 9.37 Å². The summed E-state index contributed by atoms with van der Waals surface area (Å²) in [6.45, 7) is 1.96. The molecule has 0 aliphatic rings. The number of rotatable bonds is 4. The first-order valence-electron chi connectivity index (χ1n) is 5.99. The number of benzene rings is 1. The zero-order valence-electron chi connectivity index (χ0n) is 10.8. The van der Waals surface area contributed by atoms with Crippen molar-refractivity contribution >= 4 is 21.7 Å². The summed E-state index contributed by atoms with van der Waals surface area (Å²) < 4.78 is 14.5. The van der Waals surface area contributed by atoms with Gasteiger partial charge < -0.3 is 0 Å². The van der Waals surface area contributed by atoms with Gasteiger partial charge in [-0.05, 0) is 47.1 Å². The molecule has 0 atom stereocenters. The minimum atomic E-state index is -0.385. The van der Waals surface area contributed by atoms with E-state index in [-0.39, 0.29) is 30.1 Å². The van der Waals surface area contributed by atoms with Crippen LogP contribution >= 0.6 is 15.9 Å². The van der Waals surface area contributed by atoms with Crippen molar-refractivity contribution in [1.29, 1.82) is 0 Å². The SMILES string of the molecule is Cc1ncn(CCC(=O)c2ccc(F)cc2)c(=O)c1Br. The molecule has 20 heavy (non-hydrogen) atoms. The highest BCUT2D eigenvalue weighted by molar-refractivity contribution is 9.10. The predicted octanol–water partition coefficient (Wildman–Crippen LogP) is 2.73. The highest BCUT2D eigenvalue weighted by Crippen LogP contribution is 2.08. The Morgan fingerprint density at radius 2 is 2.00 bits per heavy atom. The van der Waals surface area contributed by atoms with Crippen LogP contribution in [0.1, 0.15) is 22.5 Å². The lowest BCUT2D eigenvalue weighted by Gasteiger charge is -2.06. The van der Waals surface area contributed by atoms with Crippen LogP contribution < -0.4 is 5.56 Å². The van der Waals surface area contributed by atoms with Crippen LogP contribution in [0.4, 0.5) is 4.39 Å². The Labute approximate surface area is 123 Å². The molecule has 2 rings (SSSR count). The maximum absolute atomic E-state index is 12.8. The van der Waals surface area contributed by atoms with Gasteiger partial charge >= 0.3 is 0 Å². The number of carbonyl (C=O) groups excluding carboxylic acids is 1. The smallest absolute Gasteiger partial charge is 0.267 e. The Morgan fingerprint density at radius 3 is 2.65 bits per heavy atom. The molecule has 0 spiro atoms. The van der Waals surface area contributed by atoms with Crippen molar-refractivity contribution in [2.75, 3.05) is 0 Å². The molecule has 0 aliphatic carbocycles. The van der Waals surface area contributed by atoms with Gasteiger partial charge in [-0.1, -0.05) is 0 Å². The van der Waals surface area contributed by atoms with E-state index < -0.39 is 0 Å². The lowest BCUT2D eigenvalue weighted by atomic mass is 10.1. The van der Waals surface area contributed by atoms with Crippen molar-refractivity contribution in [3.05, 3.63) is 62.5 Å². The van der Waals surface area contributed by atoms with E-state index in [2.05, 4.69) is 20.9 Å². The molecule has 104 valence electrons. The van der Waals surface area contributed by atoms with Crippen LogP contribution in [-0.4, -0.2) is 15.3 Å². The minimum Gasteiger partial charge on any atom is -0.298 e. The average molecular weight is 339 g/mol. The largest absolute Gasteiger partial charge is 0.298 e. The van der Waals surface area contributed by atoms with Gasteiger partial charge in [0.1, 0.15) is 10.3 Å².